The largest absolute Gasteiger partial charge is 0.249 e. The van der Waals surface area contributed by atoms with Crippen LogP contribution in [-0.2, 0) is 6.42 Å². The lowest BCUT2D eigenvalue weighted by Crippen LogP contribution is -1.92. The molecule has 0 spiro atoms. The Morgan fingerprint density at radius 3 is 2.93 bits per heavy atom. The van der Waals surface area contributed by atoms with Gasteiger partial charge >= 0.3 is 0 Å². The maximum absolute atomic E-state index is 13.5. The quantitative estimate of drug-likeness (QED) is 0.779. The molecule has 78 valence electrons. The van der Waals surface area contributed by atoms with E-state index in [9.17, 15) is 4.39 Å². The molecule has 0 unspecified atom stereocenters. The molecule has 4 heteroatoms. The van der Waals surface area contributed by atoms with E-state index in [0.29, 0.717) is 12.0 Å². The van der Waals surface area contributed by atoms with Crippen molar-refractivity contribution in [3.8, 4) is 0 Å². The Bertz CT molecular complexity index is 481. The molecule has 2 rings (SSSR count). The Kier molecular flexibility index (Phi) is 3.03. The van der Waals surface area contributed by atoms with E-state index in [1.54, 1.807) is 35.7 Å². The van der Waals surface area contributed by atoms with E-state index in [1.165, 1.54) is 0 Å². The summed E-state index contributed by atoms with van der Waals surface area (Å²) in [5, 5.41) is 1.08. The molecule has 0 aliphatic rings. The van der Waals surface area contributed by atoms with Gasteiger partial charge in [-0.05, 0) is 18.6 Å². The zero-order valence-electron chi connectivity index (χ0n) is 8.13. The van der Waals surface area contributed by atoms with Gasteiger partial charge in [-0.15, -0.1) is 11.3 Å². The molecule has 0 aliphatic heterocycles. The van der Waals surface area contributed by atoms with Crippen molar-refractivity contribution in [2.24, 2.45) is 0 Å². The second kappa shape index (κ2) is 4.29. The molecular formula is C11H9ClFNS. The molecule has 0 amide bonds. The van der Waals surface area contributed by atoms with Crippen LogP contribution in [0, 0.1) is 12.7 Å². The number of halogens is 2. The third kappa shape index (κ3) is 2.36. The standard InChI is InChI=1S/C11H9ClFNS/c1-7-6-14-10(15-7)5-8-3-2-4-9(12)11(8)13/h2-4,6H,5H2,1H3. The number of hydrogen-bond acceptors (Lipinski definition) is 2. The second-order valence-electron chi connectivity index (χ2n) is 3.25. The Balaban J connectivity index is 2.28. The van der Waals surface area contributed by atoms with Crippen LogP contribution in [0.25, 0.3) is 0 Å². The molecule has 0 fully saturated rings. The molecule has 1 heterocycles. The number of hydrogen-bond donors (Lipinski definition) is 0. The lowest BCUT2D eigenvalue weighted by Gasteiger charge is -2.01. The summed E-state index contributed by atoms with van der Waals surface area (Å²) in [5.41, 5.74) is 0.594. The SMILES string of the molecule is Cc1cnc(Cc2cccc(Cl)c2F)s1. The van der Waals surface area contributed by atoms with Crippen molar-refractivity contribution >= 4 is 22.9 Å². The maximum Gasteiger partial charge on any atom is 0.145 e. The molecular weight excluding hydrogens is 233 g/mol. The Morgan fingerprint density at radius 2 is 2.27 bits per heavy atom. The third-order valence-corrected chi connectivity index (χ3v) is 3.25. The van der Waals surface area contributed by atoms with Crippen molar-refractivity contribution in [2.75, 3.05) is 0 Å². The average molecular weight is 242 g/mol. The number of aromatic nitrogens is 1. The summed E-state index contributed by atoms with van der Waals surface area (Å²) < 4.78 is 13.5. The zero-order chi connectivity index (χ0) is 10.8. The number of benzene rings is 1. The van der Waals surface area contributed by atoms with Crippen LogP contribution < -0.4 is 0 Å². The first-order chi connectivity index (χ1) is 7.16. The molecule has 1 nitrogen and oxygen atoms in total. The number of nitrogens with zero attached hydrogens (tertiary/aromatic N) is 1. The summed E-state index contributed by atoms with van der Waals surface area (Å²) >= 11 is 7.27. The third-order valence-electron chi connectivity index (χ3n) is 2.04. The van der Waals surface area contributed by atoms with Crippen LogP contribution >= 0.6 is 22.9 Å². The molecule has 15 heavy (non-hydrogen) atoms. The molecule has 1 aromatic heterocycles. The van der Waals surface area contributed by atoms with Crippen LogP contribution in [0.1, 0.15) is 15.4 Å². The van der Waals surface area contributed by atoms with Gasteiger partial charge in [0, 0.05) is 17.5 Å². The molecule has 0 N–H and O–H groups in total. The van der Waals surface area contributed by atoms with Gasteiger partial charge in [0.15, 0.2) is 0 Å². The Labute approximate surface area is 96.5 Å². The van der Waals surface area contributed by atoms with Crippen molar-refractivity contribution in [3.05, 3.63) is 50.7 Å². The molecule has 0 saturated carbocycles. The summed E-state index contributed by atoms with van der Waals surface area (Å²) in [5.74, 6) is -0.341. The van der Waals surface area contributed by atoms with Crippen LogP contribution in [0.5, 0.6) is 0 Å². The first-order valence-electron chi connectivity index (χ1n) is 4.51. The van der Waals surface area contributed by atoms with Gasteiger partial charge in [-0.1, -0.05) is 23.7 Å². The van der Waals surface area contributed by atoms with Crippen molar-refractivity contribution in [1.29, 1.82) is 0 Å². The summed E-state index contributed by atoms with van der Waals surface area (Å²) in [6.07, 6.45) is 2.30. The van der Waals surface area contributed by atoms with E-state index < -0.39 is 0 Å². The van der Waals surface area contributed by atoms with Gasteiger partial charge in [0.2, 0.25) is 0 Å². The Hall–Kier alpha value is -0.930. The predicted molar refractivity (Wildman–Crippen MR) is 61.1 cm³/mol. The van der Waals surface area contributed by atoms with E-state index in [-0.39, 0.29) is 10.8 Å². The van der Waals surface area contributed by atoms with Crippen molar-refractivity contribution in [1.82, 2.24) is 4.98 Å². The fraction of sp³-hybridized carbons (Fsp3) is 0.182. The number of rotatable bonds is 2. The summed E-state index contributed by atoms with van der Waals surface area (Å²) in [7, 11) is 0. The van der Waals surface area contributed by atoms with Gasteiger partial charge in [-0.3, -0.25) is 0 Å². The van der Waals surface area contributed by atoms with Gasteiger partial charge in [0.1, 0.15) is 5.82 Å². The van der Waals surface area contributed by atoms with Crippen LogP contribution in [0.2, 0.25) is 5.02 Å². The van der Waals surface area contributed by atoms with Gasteiger partial charge in [0.05, 0.1) is 10.0 Å². The van der Waals surface area contributed by atoms with E-state index in [0.717, 1.165) is 9.88 Å². The minimum Gasteiger partial charge on any atom is -0.249 e. The van der Waals surface area contributed by atoms with Gasteiger partial charge < -0.3 is 0 Å². The molecule has 0 saturated heterocycles. The van der Waals surface area contributed by atoms with E-state index in [1.807, 2.05) is 6.92 Å². The molecule has 0 aliphatic carbocycles. The summed E-state index contributed by atoms with van der Waals surface area (Å²) in [4.78, 5) is 5.32. The molecule has 1 aromatic carbocycles. The van der Waals surface area contributed by atoms with Crippen LogP contribution in [0.4, 0.5) is 4.39 Å². The van der Waals surface area contributed by atoms with Gasteiger partial charge in [0.25, 0.3) is 0 Å². The molecule has 0 atom stereocenters. The second-order valence-corrected chi connectivity index (χ2v) is 4.98. The van der Waals surface area contributed by atoms with Gasteiger partial charge in [-0.2, -0.15) is 0 Å². The fourth-order valence-electron chi connectivity index (χ4n) is 1.33. The van der Waals surface area contributed by atoms with Crippen LogP contribution in [0.15, 0.2) is 24.4 Å². The minimum absolute atomic E-state index is 0.167. The highest BCUT2D eigenvalue weighted by Crippen LogP contribution is 2.22. The predicted octanol–water partition coefficient (Wildman–Crippen LogP) is 3.83. The lowest BCUT2D eigenvalue weighted by atomic mass is 10.1. The molecule has 2 aromatic rings. The van der Waals surface area contributed by atoms with Crippen LogP contribution in [-0.4, -0.2) is 4.98 Å². The Morgan fingerprint density at radius 1 is 1.47 bits per heavy atom. The summed E-state index contributed by atoms with van der Waals surface area (Å²) in [6, 6.07) is 5.03. The van der Waals surface area contributed by atoms with E-state index in [4.69, 9.17) is 11.6 Å². The normalized spacial score (nSPS) is 10.6. The van der Waals surface area contributed by atoms with Crippen molar-refractivity contribution in [3.63, 3.8) is 0 Å². The first-order valence-corrected chi connectivity index (χ1v) is 5.70. The smallest absolute Gasteiger partial charge is 0.145 e. The fourth-order valence-corrected chi connectivity index (χ4v) is 2.34. The maximum atomic E-state index is 13.5. The van der Waals surface area contributed by atoms with Crippen LogP contribution in [0.3, 0.4) is 0 Å². The lowest BCUT2D eigenvalue weighted by molar-refractivity contribution is 0.614. The topological polar surface area (TPSA) is 12.9 Å². The first kappa shape index (κ1) is 10.6. The molecule has 0 radical (unpaired) electrons. The monoisotopic (exact) mass is 241 g/mol. The highest BCUT2D eigenvalue weighted by molar-refractivity contribution is 7.11. The van der Waals surface area contributed by atoms with Crippen molar-refractivity contribution < 1.29 is 4.39 Å². The summed E-state index contributed by atoms with van der Waals surface area (Å²) in [6.45, 7) is 1.98. The number of aryl methyl sites for hydroxylation is 1. The van der Waals surface area contributed by atoms with Gasteiger partial charge in [-0.25, -0.2) is 9.37 Å². The van der Waals surface area contributed by atoms with E-state index >= 15 is 0 Å². The van der Waals surface area contributed by atoms with Crippen molar-refractivity contribution in [2.45, 2.75) is 13.3 Å². The highest BCUT2D eigenvalue weighted by atomic mass is 35.5. The minimum atomic E-state index is -0.341. The number of thiazole rings is 1. The highest BCUT2D eigenvalue weighted by Gasteiger charge is 2.08. The van der Waals surface area contributed by atoms with E-state index in [2.05, 4.69) is 4.98 Å². The molecule has 0 bridgehead atoms. The zero-order valence-corrected chi connectivity index (χ0v) is 9.70. The average Bonchev–Trinajstić information content (AvgIpc) is 2.59.